The van der Waals surface area contributed by atoms with E-state index in [-0.39, 0.29) is 10.9 Å². The van der Waals surface area contributed by atoms with Crippen molar-refractivity contribution < 1.29 is 18.3 Å². The first-order valence-electron chi connectivity index (χ1n) is 3.72. The quantitative estimate of drug-likeness (QED) is 0.688. The van der Waals surface area contributed by atoms with Crippen molar-refractivity contribution >= 4 is 10.9 Å². The van der Waals surface area contributed by atoms with Gasteiger partial charge in [-0.25, -0.2) is 0 Å². The van der Waals surface area contributed by atoms with Gasteiger partial charge >= 0.3 is 6.18 Å². The maximum atomic E-state index is 12.4. The third kappa shape index (κ3) is 1.28. The summed E-state index contributed by atoms with van der Waals surface area (Å²) in [6, 6.07) is 1.87. The highest BCUT2D eigenvalue weighted by molar-refractivity contribution is 5.83. The number of fused-ring (bicyclic) bond motifs is 1. The zero-order valence-corrected chi connectivity index (χ0v) is 6.76. The van der Waals surface area contributed by atoms with E-state index in [9.17, 15) is 13.2 Å². The summed E-state index contributed by atoms with van der Waals surface area (Å²) >= 11 is 0. The Morgan fingerprint density at radius 2 is 2.00 bits per heavy atom. The summed E-state index contributed by atoms with van der Waals surface area (Å²) in [6.07, 6.45) is -3.40. The Bertz CT molecular complexity index is 475. The summed E-state index contributed by atoms with van der Waals surface area (Å²) < 4.78 is 37.3. The number of aromatic nitrogens is 2. The Balaban J connectivity index is 2.80. The molecule has 1 aromatic heterocycles. The van der Waals surface area contributed by atoms with Gasteiger partial charge < -0.3 is 5.11 Å². The Morgan fingerprint density at radius 3 is 2.64 bits per heavy atom. The molecule has 3 nitrogen and oxygen atoms in total. The number of hydrogen-bond acceptors (Lipinski definition) is 2. The normalized spacial score (nSPS) is 12.2. The van der Waals surface area contributed by atoms with E-state index in [2.05, 4.69) is 10.2 Å². The molecule has 1 aromatic carbocycles. The van der Waals surface area contributed by atoms with Crippen molar-refractivity contribution in [2.45, 2.75) is 6.18 Å². The highest BCUT2D eigenvalue weighted by Crippen LogP contribution is 2.36. The average Bonchev–Trinajstić information content (AvgIpc) is 2.47. The van der Waals surface area contributed by atoms with Crippen LogP contribution in [0.4, 0.5) is 13.2 Å². The standard InChI is InChI=1S/C8H5F3N2O/c9-8(10,11)6-1-4(14)2-7-5(6)3-12-13-7/h1-3,14H,(H,12,13). The lowest BCUT2D eigenvalue weighted by atomic mass is 10.1. The molecule has 0 radical (unpaired) electrons. The number of benzene rings is 1. The summed E-state index contributed by atoms with van der Waals surface area (Å²) in [4.78, 5) is 0. The molecule has 0 aliphatic rings. The predicted molar refractivity (Wildman–Crippen MR) is 42.8 cm³/mol. The molecule has 0 aliphatic heterocycles. The molecule has 0 bridgehead atoms. The zero-order valence-electron chi connectivity index (χ0n) is 6.76. The van der Waals surface area contributed by atoms with Crippen LogP contribution in [0.5, 0.6) is 5.75 Å². The van der Waals surface area contributed by atoms with Gasteiger partial charge in [-0.05, 0) is 6.07 Å². The number of nitrogens with zero attached hydrogens (tertiary/aromatic N) is 1. The molecule has 0 fully saturated rings. The highest BCUT2D eigenvalue weighted by Gasteiger charge is 2.33. The van der Waals surface area contributed by atoms with Gasteiger partial charge in [0, 0.05) is 11.5 Å². The molecule has 0 saturated carbocycles. The van der Waals surface area contributed by atoms with Gasteiger partial charge in [0.2, 0.25) is 0 Å². The van der Waals surface area contributed by atoms with E-state index in [1.54, 1.807) is 0 Å². The molecular weight excluding hydrogens is 197 g/mol. The second-order valence-electron chi connectivity index (χ2n) is 2.82. The van der Waals surface area contributed by atoms with Crippen LogP contribution in [0.25, 0.3) is 10.9 Å². The van der Waals surface area contributed by atoms with Crippen molar-refractivity contribution in [1.29, 1.82) is 0 Å². The van der Waals surface area contributed by atoms with E-state index in [0.717, 1.165) is 6.20 Å². The SMILES string of the molecule is Oc1cc(C(F)(F)F)c2cn[nH]c2c1. The Morgan fingerprint density at radius 1 is 1.29 bits per heavy atom. The molecule has 1 heterocycles. The van der Waals surface area contributed by atoms with Crippen LogP contribution in [0.3, 0.4) is 0 Å². The molecule has 0 aliphatic carbocycles. The molecule has 6 heteroatoms. The van der Waals surface area contributed by atoms with Gasteiger partial charge in [0.25, 0.3) is 0 Å². The fourth-order valence-corrected chi connectivity index (χ4v) is 1.27. The molecule has 0 amide bonds. The second kappa shape index (κ2) is 2.63. The molecular formula is C8H5F3N2O. The Kier molecular flexibility index (Phi) is 1.67. The number of aromatic amines is 1. The number of H-pyrrole nitrogens is 1. The van der Waals surface area contributed by atoms with Crippen LogP contribution in [0.1, 0.15) is 5.56 Å². The second-order valence-corrected chi connectivity index (χ2v) is 2.82. The summed E-state index contributed by atoms with van der Waals surface area (Å²) in [5, 5.41) is 14.8. The number of aromatic hydroxyl groups is 1. The molecule has 2 rings (SSSR count). The van der Waals surface area contributed by atoms with Crippen LogP contribution < -0.4 is 0 Å². The maximum Gasteiger partial charge on any atom is 0.417 e. The summed E-state index contributed by atoms with van der Waals surface area (Å²) in [6.45, 7) is 0. The molecule has 0 atom stereocenters. The molecule has 14 heavy (non-hydrogen) atoms. The number of rotatable bonds is 0. The van der Waals surface area contributed by atoms with E-state index in [0.29, 0.717) is 6.07 Å². The Labute approximate surface area is 76.2 Å². The maximum absolute atomic E-state index is 12.4. The first kappa shape index (κ1) is 8.86. The largest absolute Gasteiger partial charge is 0.508 e. The van der Waals surface area contributed by atoms with E-state index >= 15 is 0 Å². The lowest BCUT2D eigenvalue weighted by Gasteiger charge is -2.07. The fraction of sp³-hybridized carbons (Fsp3) is 0.125. The van der Waals surface area contributed by atoms with Gasteiger partial charge in [0.1, 0.15) is 5.75 Å². The number of phenols is 1. The lowest BCUT2D eigenvalue weighted by Crippen LogP contribution is -2.04. The van der Waals surface area contributed by atoms with Crippen LogP contribution in [-0.2, 0) is 6.18 Å². The third-order valence-corrected chi connectivity index (χ3v) is 1.85. The molecule has 74 valence electrons. The predicted octanol–water partition coefficient (Wildman–Crippen LogP) is 2.29. The number of halogens is 3. The van der Waals surface area contributed by atoms with Crippen molar-refractivity contribution in [2.24, 2.45) is 0 Å². The zero-order chi connectivity index (χ0) is 10.3. The minimum atomic E-state index is -4.49. The van der Waals surface area contributed by atoms with Gasteiger partial charge in [-0.15, -0.1) is 0 Å². The smallest absolute Gasteiger partial charge is 0.417 e. The minimum absolute atomic E-state index is 0.0460. The van der Waals surface area contributed by atoms with Crippen molar-refractivity contribution in [1.82, 2.24) is 10.2 Å². The number of nitrogens with one attached hydrogen (secondary N) is 1. The number of hydrogen-bond donors (Lipinski definition) is 2. The topological polar surface area (TPSA) is 48.9 Å². The van der Waals surface area contributed by atoms with Gasteiger partial charge in [-0.1, -0.05) is 0 Å². The molecule has 0 saturated heterocycles. The van der Waals surface area contributed by atoms with Gasteiger partial charge in [0.05, 0.1) is 17.3 Å². The van der Waals surface area contributed by atoms with Crippen LogP contribution in [0.2, 0.25) is 0 Å². The van der Waals surface area contributed by atoms with Gasteiger partial charge in [-0.3, -0.25) is 5.10 Å². The van der Waals surface area contributed by atoms with Crippen LogP contribution >= 0.6 is 0 Å². The van der Waals surface area contributed by atoms with Gasteiger partial charge in [-0.2, -0.15) is 18.3 Å². The van der Waals surface area contributed by atoms with E-state index in [1.165, 1.54) is 6.07 Å². The first-order valence-corrected chi connectivity index (χ1v) is 3.72. The fourth-order valence-electron chi connectivity index (χ4n) is 1.27. The molecule has 2 aromatic rings. The van der Waals surface area contributed by atoms with E-state index in [4.69, 9.17) is 5.11 Å². The third-order valence-electron chi connectivity index (χ3n) is 1.85. The number of phenolic OH excluding ortho intramolecular Hbond substituents is 1. The summed E-state index contributed by atoms with van der Waals surface area (Å²) in [5.74, 6) is -0.436. The van der Waals surface area contributed by atoms with Crippen LogP contribution in [0.15, 0.2) is 18.3 Å². The van der Waals surface area contributed by atoms with Crippen LogP contribution in [0, 0.1) is 0 Å². The highest BCUT2D eigenvalue weighted by atomic mass is 19.4. The van der Waals surface area contributed by atoms with E-state index in [1.807, 2.05) is 0 Å². The van der Waals surface area contributed by atoms with Crippen molar-refractivity contribution in [3.8, 4) is 5.75 Å². The monoisotopic (exact) mass is 202 g/mol. The summed E-state index contributed by atoms with van der Waals surface area (Å²) in [5.41, 5.74) is -0.724. The van der Waals surface area contributed by atoms with Crippen molar-refractivity contribution in [3.05, 3.63) is 23.9 Å². The summed E-state index contributed by atoms with van der Waals surface area (Å²) in [7, 11) is 0. The number of alkyl halides is 3. The first-order chi connectivity index (χ1) is 6.48. The van der Waals surface area contributed by atoms with Crippen molar-refractivity contribution in [3.63, 3.8) is 0 Å². The van der Waals surface area contributed by atoms with Gasteiger partial charge in [0.15, 0.2) is 0 Å². The van der Waals surface area contributed by atoms with E-state index < -0.39 is 17.5 Å². The Hall–Kier alpha value is -1.72. The average molecular weight is 202 g/mol. The minimum Gasteiger partial charge on any atom is -0.508 e. The molecule has 0 spiro atoms. The molecule has 0 unspecified atom stereocenters. The van der Waals surface area contributed by atoms with Crippen LogP contribution in [-0.4, -0.2) is 15.3 Å². The lowest BCUT2D eigenvalue weighted by molar-refractivity contribution is -0.136. The molecule has 2 N–H and O–H groups in total. The van der Waals surface area contributed by atoms with Crippen molar-refractivity contribution in [2.75, 3.05) is 0 Å².